The van der Waals surface area contributed by atoms with E-state index in [1.54, 1.807) is 18.2 Å². The number of nitrogens with zero attached hydrogens (tertiary/aromatic N) is 1. The number of amides is 2. The lowest BCUT2D eigenvalue weighted by molar-refractivity contribution is -0.0499. The largest absolute Gasteiger partial charge is 0.435 e. The van der Waals surface area contributed by atoms with E-state index in [0.717, 1.165) is 56.3 Å². The van der Waals surface area contributed by atoms with Gasteiger partial charge in [-0.2, -0.15) is 8.78 Å². The summed E-state index contributed by atoms with van der Waals surface area (Å²) in [6.45, 7) is -1.19. The standard InChI is InChI=1S/C16H20F2N2O2/c17-15(18)22-12-6-7-13-11(10-12)4-3-5-14(13)19-16(21)20-8-1-2-9-20/h6-7,10,14-15H,1-5,8-9H2,(H,19,21)/t14-/m1/s1. The zero-order valence-electron chi connectivity index (χ0n) is 12.4. The molecule has 1 atom stereocenters. The normalized spacial score (nSPS) is 20.9. The number of halogens is 2. The van der Waals surface area contributed by atoms with Crippen molar-refractivity contribution in [1.82, 2.24) is 10.2 Å². The molecule has 1 saturated heterocycles. The molecule has 4 nitrogen and oxygen atoms in total. The first-order chi connectivity index (χ1) is 10.6. The van der Waals surface area contributed by atoms with Gasteiger partial charge in [-0.25, -0.2) is 4.79 Å². The van der Waals surface area contributed by atoms with E-state index in [4.69, 9.17) is 0 Å². The molecule has 0 saturated carbocycles. The molecular weight excluding hydrogens is 290 g/mol. The van der Waals surface area contributed by atoms with E-state index in [2.05, 4.69) is 10.1 Å². The fraction of sp³-hybridized carbons (Fsp3) is 0.562. The second-order valence-corrected chi connectivity index (χ2v) is 5.83. The van der Waals surface area contributed by atoms with Gasteiger partial charge in [-0.05, 0) is 55.4 Å². The molecule has 1 aliphatic carbocycles. The van der Waals surface area contributed by atoms with Gasteiger partial charge in [0, 0.05) is 13.1 Å². The Bertz CT molecular complexity index is 545. The number of rotatable bonds is 3. The first-order valence-corrected chi connectivity index (χ1v) is 7.76. The summed E-state index contributed by atoms with van der Waals surface area (Å²) in [6.07, 6.45) is 4.75. The minimum Gasteiger partial charge on any atom is -0.435 e. The summed E-state index contributed by atoms with van der Waals surface area (Å²) >= 11 is 0. The molecular formula is C16H20F2N2O2. The Kier molecular flexibility index (Phi) is 4.45. The quantitative estimate of drug-likeness (QED) is 0.929. The van der Waals surface area contributed by atoms with Gasteiger partial charge in [-0.1, -0.05) is 6.07 Å². The van der Waals surface area contributed by atoms with Crippen LogP contribution in [0.25, 0.3) is 0 Å². The molecule has 1 aromatic carbocycles. The van der Waals surface area contributed by atoms with Gasteiger partial charge in [0.05, 0.1) is 6.04 Å². The first-order valence-electron chi connectivity index (χ1n) is 7.76. The zero-order valence-corrected chi connectivity index (χ0v) is 12.4. The number of benzene rings is 1. The van der Waals surface area contributed by atoms with E-state index in [0.29, 0.717) is 0 Å². The first kappa shape index (κ1) is 15.1. The average molecular weight is 310 g/mol. The Morgan fingerprint density at radius 3 is 2.77 bits per heavy atom. The van der Waals surface area contributed by atoms with Crippen molar-refractivity contribution in [2.75, 3.05) is 13.1 Å². The van der Waals surface area contributed by atoms with E-state index < -0.39 is 6.61 Å². The number of aryl methyl sites for hydroxylation is 1. The summed E-state index contributed by atoms with van der Waals surface area (Å²) < 4.78 is 29.0. The summed E-state index contributed by atoms with van der Waals surface area (Å²) in [7, 11) is 0. The van der Waals surface area contributed by atoms with Gasteiger partial charge in [0.2, 0.25) is 0 Å². The number of hydrogen-bond donors (Lipinski definition) is 1. The lowest BCUT2D eigenvalue weighted by Crippen LogP contribution is -2.40. The molecule has 0 unspecified atom stereocenters. The molecule has 1 aliphatic heterocycles. The molecule has 2 amide bonds. The molecule has 0 spiro atoms. The minimum atomic E-state index is -2.81. The Hall–Kier alpha value is -1.85. The Labute approximate surface area is 128 Å². The predicted octanol–water partition coefficient (Wildman–Crippen LogP) is 3.47. The maximum absolute atomic E-state index is 12.3. The van der Waals surface area contributed by atoms with E-state index >= 15 is 0 Å². The van der Waals surface area contributed by atoms with Crippen molar-refractivity contribution >= 4 is 6.03 Å². The minimum absolute atomic E-state index is 0.0248. The van der Waals surface area contributed by atoms with Crippen LogP contribution in [0.5, 0.6) is 5.75 Å². The molecule has 1 aromatic rings. The van der Waals surface area contributed by atoms with E-state index in [1.807, 2.05) is 4.90 Å². The monoisotopic (exact) mass is 310 g/mol. The maximum Gasteiger partial charge on any atom is 0.387 e. The number of carbonyl (C=O) groups is 1. The number of fused-ring (bicyclic) bond motifs is 1. The van der Waals surface area contributed by atoms with Gasteiger partial charge in [0.1, 0.15) is 5.75 Å². The fourth-order valence-corrected chi connectivity index (χ4v) is 3.28. The number of ether oxygens (including phenoxy) is 1. The predicted molar refractivity (Wildman–Crippen MR) is 78.1 cm³/mol. The van der Waals surface area contributed by atoms with Crippen molar-refractivity contribution in [2.45, 2.75) is 44.8 Å². The topological polar surface area (TPSA) is 41.6 Å². The second kappa shape index (κ2) is 6.50. The number of likely N-dealkylation sites (tertiary alicyclic amines) is 1. The number of nitrogens with one attached hydrogen (secondary N) is 1. The smallest absolute Gasteiger partial charge is 0.387 e. The van der Waals surface area contributed by atoms with E-state index in [1.165, 1.54) is 0 Å². The Morgan fingerprint density at radius 2 is 2.05 bits per heavy atom. The van der Waals surface area contributed by atoms with Crippen molar-refractivity contribution in [3.05, 3.63) is 29.3 Å². The molecule has 0 bridgehead atoms. The van der Waals surface area contributed by atoms with Crippen molar-refractivity contribution < 1.29 is 18.3 Å². The van der Waals surface area contributed by atoms with Crippen molar-refractivity contribution in [3.8, 4) is 5.75 Å². The van der Waals surface area contributed by atoms with Crippen LogP contribution >= 0.6 is 0 Å². The molecule has 120 valence electrons. The average Bonchev–Trinajstić information content (AvgIpc) is 3.01. The van der Waals surface area contributed by atoms with Gasteiger partial charge in [0.15, 0.2) is 0 Å². The summed E-state index contributed by atoms with van der Waals surface area (Å²) in [5.74, 6) is 0.181. The summed E-state index contributed by atoms with van der Waals surface area (Å²) in [6, 6.07) is 4.93. The SMILES string of the molecule is O=C(N[C@@H]1CCCc2cc(OC(F)F)ccc21)N1CCCC1. The Balaban J connectivity index is 1.72. The molecule has 1 fully saturated rings. The Morgan fingerprint density at radius 1 is 1.27 bits per heavy atom. The second-order valence-electron chi connectivity index (χ2n) is 5.83. The lowest BCUT2D eigenvalue weighted by Gasteiger charge is -2.28. The molecule has 1 heterocycles. The van der Waals surface area contributed by atoms with Crippen LogP contribution in [0.1, 0.15) is 42.9 Å². The third-order valence-electron chi connectivity index (χ3n) is 4.34. The molecule has 3 rings (SSSR count). The number of hydrogen-bond acceptors (Lipinski definition) is 2. The number of alkyl halides is 2. The zero-order chi connectivity index (χ0) is 15.5. The summed E-state index contributed by atoms with van der Waals surface area (Å²) in [5, 5.41) is 3.08. The fourth-order valence-electron chi connectivity index (χ4n) is 3.28. The van der Waals surface area contributed by atoms with Crippen LogP contribution in [0.3, 0.4) is 0 Å². The maximum atomic E-state index is 12.3. The van der Waals surface area contributed by atoms with Crippen LogP contribution in [0, 0.1) is 0 Å². The lowest BCUT2D eigenvalue weighted by atomic mass is 9.87. The molecule has 22 heavy (non-hydrogen) atoms. The van der Waals surface area contributed by atoms with Crippen LogP contribution in [0.15, 0.2) is 18.2 Å². The highest BCUT2D eigenvalue weighted by Crippen LogP contribution is 2.32. The highest BCUT2D eigenvalue weighted by Gasteiger charge is 2.25. The third-order valence-corrected chi connectivity index (χ3v) is 4.34. The van der Waals surface area contributed by atoms with Crippen LogP contribution in [0.4, 0.5) is 13.6 Å². The van der Waals surface area contributed by atoms with E-state index in [-0.39, 0.29) is 17.8 Å². The number of carbonyl (C=O) groups excluding carboxylic acids is 1. The van der Waals surface area contributed by atoms with E-state index in [9.17, 15) is 13.6 Å². The highest BCUT2D eigenvalue weighted by atomic mass is 19.3. The van der Waals surface area contributed by atoms with Crippen LogP contribution in [-0.2, 0) is 6.42 Å². The van der Waals surface area contributed by atoms with Gasteiger partial charge in [0.25, 0.3) is 0 Å². The molecule has 1 N–H and O–H groups in total. The third kappa shape index (κ3) is 3.31. The van der Waals surface area contributed by atoms with Crippen LogP contribution in [-0.4, -0.2) is 30.6 Å². The van der Waals surface area contributed by atoms with Gasteiger partial charge in [-0.15, -0.1) is 0 Å². The van der Waals surface area contributed by atoms with Crippen LogP contribution < -0.4 is 10.1 Å². The van der Waals surface area contributed by atoms with Gasteiger partial charge in [-0.3, -0.25) is 0 Å². The molecule has 0 radical (unpaired) electrons. The molecule has 6 heteroatoms. The van der Waals surface area contributed by atoms with Gasteiger partial charge >= 0.3 is 12.6 Å². The highest BCUT2D eigenvalue weighted by molar-refractivity contribution is 5.75. The van der Waals surface area contributed by atoms with Gasteiger partial charge < -0.3 is 15.0 Å². The summed E-state index contributed by atoms with van der Waals surface area (Å²) in [4.78, 5) is 14.1. The van der Waals surface area contributed by atoms with Crippen molar-refractivity contribution in [3.63, 3.8) is 0 Å². The van der Waals surface area contributed by atoms with Crippen molar-refractivity contribution in [1.29, 1.82) is 0 Å². The molecule has 2 aliphatic rings. The summed E-state index contributed by atoms with van der Waals surface area (Å²) in [5.41, 5.74) is 2.00. The van der Waals surface area contributed by atoms with Crippen molar-refractivity contribution in [2.24, 2.45) is 0 Å². The number of urea groups is 1. The van der Waals surface area contributed by atoms with Crippen LogP contribution in [0.2, 0.25) is 0 Å². The molecule has 0 aromatic heterocycles.